The maximum atomic E-state index is 11.4. The molecule has 1 N–H and O–H groups in total. The van der Waals surface area contributed by atoms with Crippen molar-refractivity contribution in [2.24, 2.45) is 5.41 Å². The van der Waals surface area contributed by atoms with Gasteiger partial charge in [0.05, 0.1) is 13.7 Å². The standard InChI is InChI=1S/C15H22N2O3/c1-19-14(18)13-3-2-12(20-13)10-17-9-6-15(11-17)4-7-16-8-5-15/h2-3,16H,4-11H2,1H3. The first-order chi connectivity index (χ1) is 9.71. The zero-order valence-corrected chi connectivity index (χ0v) is 12.0. The number of rotatable bonds is 3. The molecule has 110 valence electrons. The number of hydrogen-bond donors (Lipinski definition) is 1. The minimum absolute atomic E-state index is 0.290. The molecule has 0 saturated carbocycles. The van der Waals surface area contributed by atoms with Crippen LogP contribution in [-0.2, 0) is 11.3 Å². The molecule has 0 radical (unpaired) electrons. The number of esters is 1. The van der Waals surface area contributed by atoms with E-state index in [0.29, 0.717) is 11.2 Å². The van der Waals surface area contributed by atoms with Gasteiger partial charge in [0.25, 0.3) is 0 Å². The maximum absolute atomic E-state index is 11.4. The van der Waals surface area contributed by atoms with Crippen LogP contribution in [0.15, 0.2) is 16.5 Å². The lowest BCUT2D eigenvalue weighted by Gasteiger charge is -2.33. The zero-order valence-electron chi connectivity index (χ0n) is 12.0. The van der Waals surface area contributed by atoms with Crippen LogP contribution in [0.4, 0.5) is 0 Å². The van der Waals surface area contributed by atoms with E-state index in [1.807, 2.05) is 6.07 Å². The first kappa shape index (κ1) is 13.6. The normalized spacial score (nSPS) is 22.2. The lowest BCUT2D eigenvalue weighted by molar-refractivity contribution is 0.0561. The molecular weight excluding hydrogens is 256 g/mol. The van der Waals surface area contributed by atoms with Gasteiger partial charge < -0.3 is 14.5 Å². The van der Waals surface area contributed by atoms with Crippen LogP contribution in [0.3, 0.4) is 0 Å². The summed E-state index contributed by atoms with van der Waals surface area (Å²) in [7, 11) is 1.37. The summed E-state index contributed by atoms with van der Waals surface area (Å²) in [4.78, 5) is 13.8. The van der Waals surface area contributed by atoms with Gasteiger partial charge in [0.15, 0.2) is 0 Å². The highest BCUT2D eigenvalue weighted by atomic mass is 16.5. The molecule has 0 amide bonds. The monoisotopic (exact) mass is 278 g/mol. The summed E-state index contributed by atoms with van der Waals surface area (Å²) in [6.07, 6.45) is 3.82. The Balaban J connectivity index is 1.59. The molecular formula is C15H22N2O3. The van der Waals surface area contributed by atoms with Crippen LogP contribution in [-0.4, -0.2) is 44.2 Å². The number of furan rings is 1. The molecule has 1 aromatic rings. The summed E-state index contributed by atoms with van der Waals surface area (Å²) >= 11 is 0. The molecule has 0 unspecified atom stereocenters. The van der Waals surface area contributed by atoms with Crippen molar-refractivity contribution in [1.82, 2.24) is 10.2 Å². The van der Waals surface area contributed by atoms with Crippen molar-refractivity contribution in [3.05, 3.63) is 23.7 Å². The van der Waals surface area contributed by atoms with Gasteiger partial charge in [0.1, 0.15) is 5.76 Å². The van der Waals surface area contributed by atoms with Crippen LogP contribution in [0.25, 0.3) is 0 Å². The third-order valence-electron chi connectivity index (χ3n) is 4.61. The maximum Gasteiger partial charge on any atom is 0.373 e. The average Bonchev–Trinajstić information content (AvgIpc) is 3.07. The molecule has 1 aromatic heterocycles. The fraction of sp³-hybridized carbons (Fsp3) is 0.667. The molecule has 3 heterocycles. The fourth-order valence-corrected chi connectivity index (χ4v) is 3.42. The molecule has 5 heteroatoms. The van der Waals surface area contributed by atoms with Crippen LogP contribution in [0.1, 0.15) is 35.6 Å². The van der Waals surface area contributed by atoms with Gasteiger partial charge in [-0.2, -0.15) is 0 Å². The minimum atomic E-state index is -0.410. The fourth-order valence-electron chi connectivity index (χ4n) is 3.42. The van der Waals surface area contributed by atoms with Crippen molar-refractivity contribution in [3.63, 3.8) is 0 Å². The molecule has 2 fully saturated rings. The van der Waals surface area contributed by atoms with Crippen molar-refractivity contribution in [2.45, 2.75) is 25.8 Å². The van der Waals surface area contributed by atoms with E-state index in [0.717, 1.165) is 38.5 Å². The van der Waals surface area contributed by atoms with Gasteiger partial charge in [-0.25, -0.2) is 4.79 Å². The molecule has 1 spiro atoms. The first-order valence-electron chi connectivity index (χ1n) is 7.31. The molecule has 5 nitrogen and oxygen atoms in total. The van der Waals surface area contributed by atoms with E-state index in [4.69, 9.17) is 4.42 Å². The van der Waals surface area contributed by atoms with Gasteiger partial charge in [-0.15, -0.1) is 0 Å². The molecule has 3 rings (SSSR count). The highest BCUT2D eigenvalue weighted by molar-refractivity contribution is 5.86. The second kappa shape index (κ2) is 5.58. The van der Waals surface area contributed by atoms with Gasteiger partial charge in [-0.05, 0) is 56.4 Å². The van der Waals surface area contributed by atoms with Gasteiger partial charge in [-0.3, -0.25) is 4.90 Å². The van der Waals surface area contributed by atoms with Crippen molar-refractivity contribution in [1.29, 1.82) is 0 Å². The molecule has 20 heavy (non-hydrogen) atoms. The van der Waals surface area contributed by atoms with E-state index in [1.165, 1.54) is 26.4 Å². The van der Waals surface area contributed by atoms with Crippen LogP contribution in [0, 0.1) is 5.41 Å². The topological polar surface area (TPSA) is 54.7 Å². The number of hydrogen-bond acceptors (Lipinski definition) is 5. The van der Waals surface area contributed by atoms with Crippen LogP contribution >= 0.6 is 0 Å². The number of nitrogens with one attached hydrogen (secondary N) is 1. The van der Waals surface area contributed by atoms with E-state index >= 15 is 0 Å². The summed E-state index contributed by atoms with van der Waals surface area (Å²) in [5.74, 6) is 0.724. The van der Waals surface area contributed by atoms with Gasteiger partial charge in [0.2, 0.25) is 5.76 Å². The molecule has 0 atom stereocenters. The number of nitrogens with zero attached hydrogens (tertiary/aromatic N) is 1. The molecule has 2 aliphatic rings. The third kappa shape index (κ3) is 2.74. The predicted molar refractivity (Wildman–Crippen MR) is 74.5 cm³/mol. The Morgan fingerprint density at radius 3 is 2.95 bits per heavy atom. The van der Waals surface area contributed by atoms with Crippen LogP contribution in [0.2, 0.25) is 0 Å². The second-order valence-electron chi connectivity index (χ2n) is 5.97. The predicted octanol–water partition coefficient (Wildman–Crippen LogP) is 1.64. The van der Waals surface area contributed by atoms with Crippen molar-refractivity contribution >= 4 is 5.97 Å². The number of likely N-dealkylation sites (tertiary alicyclic amines) is 1. The summed E-state index contributed by atoms with van der Waals surface area (Å²) in [5, 5.41) is 3.43. The van der Waals surface area contributed by atoms with Crippen molar-refractivity contribution in [3.8, 4) is 0 Å². The highest BCUT2D eigenvalue weighted by Crippen LogP contribution is 2.39. The van der Waals surface area contributed by atoms with E-state index in [-0.39, 0.29) is 0 Å². The summed E-state index contributed by atoms with van der Waals surface area (Å²) < 4.78 is 10.2. The Labute approximate surface area is 119 Å². The molecule has 2 aliphatic heterocycles. The summed E-state index contributed by atoms with van der Waals surface area (Å²) in [5.41, 5.74) is 0.503. The Hall–Kier alpha value is -1.33. The molecule has 0 aliphatic carbocycles. The quantitative estimate of drug-likeness (QED) is 0.852. The van der Waals surface area contributed by atoms with Gasteiger partial charge in [0, 0.05) is 6.54 Å². The van der Waals surface area contributed by atoms with Crippen molar-refractivity contribution in [2.75, 3.05) is 33.3 Å². The van der Waals surface area contributed by atoms with E-state index in [2.05, 4.69) is 15.0 Å². The Morgan fingerprint density at radius 1 is 1.40 bits per heavy atom. The average molecular weight is 278 g/mol. The number of ether oxygens (including phenoxy) is 1. The summed E-state index contributed by atoms with van der Waals surface area (Å²) in [6, 6.07) is 3.57. The Bertz CT molecular complexity index is 477. The third-order valence-corrected chi connectivity index (χ3v) is 4.61. The first-order valence-corrected chi connectivity index (χ1v) is 7.31. The van der Waals surface area contributed by atoms with Crippen LogP contribution < -0.4 is 5.32 Å². The molecule has 2 saturated heterocycles. The zero-order chi connectivity index (χ0) is 14.0. The number of carbonyl (C=O) groups excluding carboxylic acids is 1. The van der Waals surface area contributed by atoms with E-state index in [1.54, 1.807) is 6.07 Å². The SMILES string of the molecule is COC(=O)c1ccc(CN2CCC3(CCNCC3)C2)o1. The highest BCUT2D eigenvalue weighted by Gasteiger charge is 2.38. The number of piperidine rings is 1. The largest absolute Gasteiger partial charge is 0.463 e. The second-order valence-corrected chi connectivity index (χ2v) is 5.97. The van der Waals surface area contributed by atoms with Gasteiger partial charge >= 0.3 is 5.97 Å². The van der Waals surface area contributed by atoms with Gasteiger partial charge in [-0.1, -0.05) is 0 Å². The van der Waals surface area contributed by atoms with Crippen LogP contribution in [0.5, 0.6) is 0 Å². The molecule has 0 aromatic carbocycles. The number of methoxy groups -OCH3 is 1. The van der Waals surface area contributed by atoms with Crippen molar-refractivity contribution < 1.29 is 13.9 Å². The van der Waals surface area contributed by atoms with E-state index < -0.39 is 5.97 Å². The molecule has 0 bridgehead atoms. The lowest BCUT2D eigenvalue weighted by Crippen LogP contribution is -2.38. The summed E-state index contributed by atoms with van der Waals surface area (Å²) in [6.45, 7) is 5.32. The van der Waals surface area contributed by atoms with E-state index in [9.17, 15) is 4.79 Å². The lowest BCUT2D eigenvalue weighted by atomic mass is 9.78. The minimum Gasteiger partial charge on any atom is -0.463 e. The Morgan fingerprint density at radius 2 is 2.20 bits per heavy atom. The number of carbonyl (C=O) groups is 1. The smallest absolute Gasteiger partial charge is 0.373 e. The Kier molecular flexibility index (Phi) is 3.81.